The van der Waals surface area contributed by atoms with Gasteiger partial charge in [-0.2, -0.15) is 0 Å². The molecule has 0 saturated carbocycles. The minimum atomic E-state index is -0.829. The Kier molecular flexibility index (Phi) is 9.88. The van der Waals surface area contributed by atoms with Crippen molar-refractivity contribution in [2.24, 2.45) is 4.99 Å². The summed E-state index contributed by atoms with van der Waals surface area (Å²) in [5, 5.41) is 0.522. The number of fused-ring (bicyclic) bond motifs is 1. The van der Waals surface area contributed by atoms with Crippen LogP contribution in [0.5, 0.6) is 5.75 Å². The molecule has 0 unspecified atom stereocenters. The van der Waals surface area contributed by atoms with Gasteiger partial charge in [-0.3, -0.25) is 9.36 Å². The van der Waals surface area contributed by atoms with Crippen LogP contribution in [0.15, 0.2) is 111 Å². The van der Waals surface area contributed by atoms with Gasteiger partial charge in [0.05, 0.1) is 32.0 Å². The predicted molar refractivity (Wildman–Crippen MR) is 190 cm³/mol. The number of carbonyl (C=O) groups excluding carboxylic acids is 1. The lowest BCUT2D eigenvalue weighted by molar-refractivity contribution is -0.138. The fraction of sp³-hybridized carbons (Fsp3) is 0.114. The Labute approximate surface area is 294 Å². The van der Waals surface area contributed by atoms with Crippen LogP contribution >= 0.6 is 61.5 Å². The lowest BCUT2D eigenvalue weighted by atomic mass is 9.93. The van der Waals surface area contributed by atoms with Crippen molar-refractivity contribution in [1.29, 1.82) is 0 Å². The van der Waals surface area contributed by atoms with E-state index in [1.807, 2.05) is 42.5 Å². The van der Waals surface area contributed by atoms with Gasteiger partial charge >= 0.3 is 5.97 Å². The highest BCUT2D eigenvalue weighted by Crippen LogP contribution is 2.36. The van der Waals surface area contributed by atoms with E-state index in [4.69, 9.17) is 26.1 Å². The number of carbonyl (C=O) groups is 1. The van der Waals surface area contributed by atoms with E-state index in [-0.39, 0.29) is 30.2 Å². The highest BCUT2D eigenvalue weighted by Gasteiger charge is 2.35. The fourth-order valence-electron chi connectivity index (χ4n) is 5.15. The summed E-state index contributed by atoms with van der Waals surface area (Å²) in [7, 11) is 0. The first-order valence-corrected chi connectivity index (χ1v) is 17.2. The van der Waals surface area contributed by atoms with Gasteiger partial charge < -0.3 is 9.47 Å². The van der Waals surface area contributed by atoms with E-state index in [1.165, 1.54) is 22.0 Å². The van der Waals surface area contributed by atoms with Gasteiger partial charge in [-0.25, -0.2) is 14.2 Å². The van der Waals surface area contributed by atoms with Crippen molar-refractivity contribution >= 4 is 79.2 Å². The lowest BCUT2D eigenvalue weighted by Gasteiger charge is -2.26. The highest BCUT2D eigenvalue weighted by atomic mass is 127. The molecule has 0 amide bonds. The number of ether oxygens (including phenoxy) is 2. The Morgan fingerprint density at radius 2 is 1.80 bits per heavy atom. The number of halogens is 4. The SMILES string of the molecule is CCOC(=O)C1=C(c2ccccc2)N=c2s/c(=C\c3cc(Br)cc(I)c3OCc3ccccc3F)c(=O)n2[C@@H]1c1ccc(Cl)cc1. The van der Waals surface area contributed by atoms with Gasteiger partial charge in [-0.1, -0.05) is 99.5 Å². The zero-order valence-corrected chi connectivity index (χ0v) is 29.5. The molecule has 232 valence electrons. The van der Waals surface area contributed by atoms with Crippen LogP contribution in [0, 0.1) is 9.39 Å². The summed E-state index contributed by atoms with van der Waals surface area (Å²) in [6.45, 7) is 1.89. The summed E-state index contributed by atoms with van der Waals surface area (Å²) < 4.78 is 29.5. The third kappa shape index (κ3) is 6.62. The molecule has 1 aliphatic rings. The van der Waals surface area contributed by atoms with Gasteiger partial charge in [0, 0.05) is 26.2 Å². The molecule has 6 rings (SSSR count). The molecule has 0 spiro atoms. The van der Waals surface area contributed by atoms with Crippen molar-refractivity contribution in [2.75, 3.05) is 6.61 Å². The third-order valence-electron chi connectivity index (χ3n) is 7.21. The second kappa shape index (κ2) is 14.0. The van der Waals surface area contributed by atoms with Crippen LogP contribution in [0.3, 0.4) is 0 Å². The molecule has 6 nitrogen and oxygen atoms in total. The van der Waals surface area contributed by atoms with E-state index in [9.17, 15) is 14.0 Å². The van der Waals surface area contributed by atoms with Crippen molar-refractivity contribution < 1.29 is 18.7 Å². The minimum absolute atomic E-state index is 0.00625. The Morgan fingerprint density at radius 1 is 1.09 bits per heavy atom. The second-order valence-electron chi connectivity index (χ2n) is 10.2. The summed E-state index contributed by atoms with van der Waals surface area (Å²) in [6, 6.07) is 25.7. The first-order chi connectivity index (χ1) is 22.2. The minimum Gasteiger partial charge on any atom is -0.487 e. The first kappa shape index (κ1) is 32.4. The van der Waals surface area contributed by atoms with Gasteiger partial charge in [0.25, 0.3) is 5.56 Å². The maximum absolute atomic E-state index is 14.4. The number of esters is 1. The quantitative estimate of drug-likeness (QED) is 0.119. The molecular weight excluding hydrogens is 806 g/mol. The molecule has 0 aliphatic carbocycles. The molecule has 5 aromatic rings. The van der Waals surface area contributed by atoms with E-state index in [0.29, 0.717) is 48.1 Å². The average molecular weight is 830 g/mol. The van der Waals surface area contributed by atoms with Gasteiger partial charge in [0.1, 0.15) is 18.2 Å². The van der Waals surface area contributed by atoms with E-state index >= 15 is 0 Å². The number of aromatic nitrogens is 1. The molecule has 1 aromatic heterocycles. The number of hydrogen-bond acceptors (Lipinski definition) is 6. The average Bonchev–Trinajstić information content (AvgIpc) is 3.35. The smallest absolute Gasteiger partial charge is 0.338 e. The Bertz CT molecular complexity index is 2170. The molecule has 46 heavy (non-hydrogen) atoms. The Balaban J connectivity index is 1.56. The maximum Gasteiger partial charge on any atom is 0.338 e. The highest BCUT2D eigenvalue weighted by molar-refractivity contribution is 14.1. The van der Waals surface area contributed by atoms with E-state index < -0.39 is 12.0 Å². The molecule has 1 aliphatic heterocycles. The van der Waals surface area contributed by atoms with Crippen molar-refractivity contribution in [3.8, 4) is 5.75 Å². The second-order valence-corrected chi connectivity index (χ2v) is 13.7. The van der Waals surface area contributed by atoms with Crippen molar-refractivity contribution in [3.63, 3.8) is 0 Å². The monoisotopic (exact) mass is 828 g/mol. The number of nitrogens with zero attached hydrogens (tertiary/aromatic N) is 2. The van der Waals surface area contributed by atoms with Gasteiger partial charge in [0.15, 0.2) is 4.80 Å². The number of benzene rings is 4. The summed E-state index contributed by atoms with van der Waals surface area (Å²) >= 11 is 13.1. The Morgan fingerprint density at radius 3 is 2.52 bits per heavy atom. The van der Waals surface area contributed by atoms with Crippen LogP contribution in [0.25, 0.3) is 11.8 Å². The molecule has 1 atom stereocenters. The van der Waals surface area contributed by atoms with Crippen LogP contribution in [0.2, 0.25) is 5.02 Å². The van der Waals surface area contributed by atoms with Crippen LogP contribution < -0.4 is 19.6 Å². The van der Waals surface area contributed by atoms with Crippen LogP contribution in [0.4, 0.5) is 4.39 Å². The standard InChI is InChI=1S/C35H24BrClFIN2O4S/c1-2-44-34(43)29-30(20-8-4-3-5-9-20)40-35-41(31(29)21-12-14-25(37)15-13-21)33(42)28(46-35)17-23-16-24(36)18-27(39)32(23)45-19-22-10-6-7-11-26(22)38/h3-18,31H,2,19H2,1H3/b28-17-/t31-/m1/s1. The summed E-state index contributed by atoms with van der Waals surface area (Å²) in [5.41, 5.74) is 2.76. The Hall–Kier alpha value is -3.58. The molecule has 0 bridgehead atoms. The van der Waals surface area contributed by atoms with Crippen molar-refractivity contribution in [3.05, 3.63) is 157 Å². The zero-order valence-electron chi connectivity index (χ0n) is 24.2. The number of rotatable bonds is 8. The summed E-state index contributed by atoms with van der Waals surface area (Å²) in [5.74, 6) is -0.424. The molecule has 0 N–H and O–H groups in total. The fourth-order valence-corrected chi connectivity index (χ4v) is 7.97. The molecule has 4 aromatic carbocycles. The number of thiazole rings is 1. The largest absolute Gasteiger partial charge is 0.487 e. The summed E-state index contributed by atoms with van der Waals surface area (Å²) in [4.78, 5) is 33.3. The van der Waals surface area contributed by atoms with Crippen molar-refractivity contribution in [2.45, 2.75) is 19.6 Å². The molecule has 0 fully saturated rings. The first-order valence-electron chi connectivity index (χ1n) is 14.1. The molecule has 11 heteroatoms. The molecular formula is C35H24BrClFIN2O4S. The van der Waals surface area contributed by atoms with Crippen LogP contribution in [-0.2, 0) is 16.1 Å². The van der Waals surface area contributed by atoms with Crippen LogP contribution in [-0.4, -0.2) is 17.1 Å². The topological polar surface area (TPSA) is 69.9 Å². The normalized spacial score (nSPS) is 14.5. The van der Waals surface area contributed by atoms with E-state index in [2.05, 4.69) is 38.5 Å². The lowest BCUT2D eigenvalue weighted by Crippen LogP contribution is -2.40. The molecule has 0 radical (unpaired) electrons. The van der Waals surface area contributed by atoms with Gasteiger partial charge in [-0.05, 0) is 71.5 Å². The van der Waals surface area contributed by atoms with Crippen molar-refractivity contribution in [1.82, 2.24) is 4.57 Å². The van der Waals surface area contributed by atoms with Gasteiger partial charge in [0.2, 0.25) is 0 Å². The molecule has 2 heterocycles. The third-order valence-corrected chi connectivity index (χ3v) is 9.71. The van der Waals surface area contributed by atoms with Gasteiger partial charge in [-0.15, -0.1) is 0 Å². The molecule has 0 saturated heterocycles. The number of hydrogen-bond donors (Lipinski definition) is 0. The van der Waals surface area contributed by atoms with E-state index in [1.54, 1.807) is 55.5 Å². The van der Waals surface area contributed by atoms with E-state index in [0.717, 1.165) is 8.04 Å². The maximum atomic E-state index is 14.4. The summed E-state index contributed by atoms with van der Waals surface area (Å²) in [6.07, 6.45) is 1.74. The predicted octanol–water partition coefficient (Wildman–Crippen LogP) is 7.67. The zero-order chi connectivity index (χ0) is 32.4. The van der Waals surface area contributed by atoms with Crippen LogP contribution in [0.1, 0.15) is 35.2 Å².